The van der Waals surface area contributed by atoms with Gasteiger partial charge in [-0.05, 0) is 25.3 Å². The summed E-state index contributed by atoms with van der Waals surface area (Å²) in [5.41, 5.74) is 0. The first-order chi connectivity index (χ1) is 2.64. The van der Waals surface area contributed by atoms with Gasteiger partial charge in [-0.15, -0.1) is 0 Å². The molecule has 0 aliphatic carbocycles. The smallest absolute Gasteiger partial charge is 0.00466 e. The molecule has 0 amide bonds. The molecule has 38 valence electrons. The van der Waals surface area contributed by atoms with E-state index < -0.39 is 0 Å². The summed E-state index contributed by atoms with van der Waals surface area (Å²) in [5.74, 6) is 0. The van der Waals surface area contributed by atoms with Gasteiger partial charge < -0.3 is 0 Å². The van der Waals surface area contributed by atoms with Crippen molar-refractivity contribution < 1.29 is 0 Å². The van der Waals surface area contributed by atoms with E-state index in [4.69, 9.17) is 11.2 Å². The topological polar surface area (TPSA) is 3.24 Å². The highest BCUT2D eigenvalue weighted by Crippen LogP contribution is 1.88. The first kappa shape index (κ1) is 6.88. The van der Waals surface area contributed by atoms with Crippen LogP contribution in [0, 0.1) is 0 Å². The van der Waals surface area contributed by atoms with E-state index in [0.717, 1.165) is 0 Å². The predicted octanol–water partition coefficient (Wildman–Crippen LogP) is 0.388. The summed E-state index contributed by atoms with van der Waals surface area (Å²) in [6.07, 6.45) is 0. The van der Waals surface area contributed by atoms with E-state index in [1.165, 1.54) is 0 Å². The normalized spacial score (nSPS) is 15.3. The van der Waals surface area contributed by atoms with E-state index in [0.29, 0.717) is 0 Å². The standard InChI is InChI=1S/C2H7NS3/c1-3(2)6(4)5/h1-2H3,(H,4,5). The Labute approximate surface area is 50.3 Å². The zero-order valence-electron chi connectivity index (χ0n) is 3.71. The highest BCUT2D eigenvalue weighted by atomic mass is 33.3. The van der Waals surface area contributed by atoms with Gasteiger partial charge in [-0.1, -0.05) is 11.7 Å². The Balaban J connectivity index is 3.26. The summed E-state index contributed by atoms with van der Waals surface area (Å²) in [5, 5.41) is 0. The van der Waals surface area contributed by atoms with Crippen LogP contribution >= 0.6 is 11.7 Å². The molecule has 0 saturated carbocycles. The lowest BCUT2D eigenvalue weighted by Gasteiger charge is -2.02. The molecule has 0 fully saturated rings. The Bertz CT molecular complexity index is 59.8. The molecular formula is C2H7NS3. The molecule has 0 aromatic rings. The molecule has 0 aromatic carbocycles. The fourth-order valence-electron chi connectivity index (χ4n) is 0. The summed E-state index contributed by atoms with van der Waals surface area (Å²) < 4.78 is 1.87. The molecule has 4 heteroatoms. The van der Waals surface area contributed by atoms with Crippen LogP contribution in [0.1, 0.15) is 0 Å². The molecule has 0 rings (SSSR count). The maximum atomic E-state index is 4.72. The van der Waals surface area contributed by atoms with Crippen molar-refractivity contribution in [3.05, 3.63) is 0 Å². The molecule has 0 spiro atoms. The molecule has 0 aromatic heterocycles. The van der Waals surface area contributed by atoms with E-state index in [1.807, 2.05) is 18.4 Å². The average Bonchev–Trinajstić information content (AvgIpc) is 1.36. The van der Waals surface area contributed by atoms with Gasteiger partial charge in [-0.3, -0.25) is 0 Å². The van der Waals surface area contributed by atoms with Crippen molar-refractivity contribution in [1.29, 1.82) is 0 Å². The van der Waals surface area contributed by atoms with E-state index in [-0.39, 0.29) is 8.67 Å². The highest BCUT2D eigenvalue weighted by molar-refractivity contribution is 8.75. The quantitative estimate of drug-likeness (QED) is 0.415. The minimum absolute atomic E-state index is 0.256. The van der Waals surface area contributed by atoms with Crippen LogP contribution in [0.3, 0.4) is 0 Å². The van der Waals surface area contributed by atoms with Gasteiger partial charge in [-0.25, -0.2) is 4.31 Å². The first-order valence-electron chi connectivity index (χ1n) is 1.43. The second-order valence-electron chi connectivity index (χ2n) is 1.04. The largest absolute Gasteiger partial charge is 0.245 e. The van der Waals surface area contributed by atoms with E-state index in [1.54, 1.807) is 0 Å². The van der Waals surface area contributed by atoms with Crippen molar-refractivity contribution >= 4 is 31.5 Å². The molecule has 0 heterocycles. The Morgan fingerprint density at radius 3 is 1.83 bits per heavy atom. The van der Waals surface area contributed by atoms with Crippen molar-refractivity contribution in [3.8, 4) is 0 Å². The Kier molecular flexibility index (Phi) is 3.39. The number of rotatable bonds is 1. The summed E-state index contributed by atoms with van der Waals surface area (Å²) in [4.78, 5) is 0. The third kappa shape index (κ3) is 3.08. The lowest BCUT2D eigenvalue weighted by Crippen LogP contribution is -2.07. The van der Waals surface area contributed by atoms with Crippen LogP contribution in [0.15, 0.2) is 0 Å². The molecule has 6 heavy (non-hydrogen) atoms. The molecule has 0 saturated heterocycles. The summed E-state index contributed by atoms with van der Waals surface area (Å²) in [7, 11) is 3.56. The van der Waals surface area contributed by atoms with Crippen LogP contribution in [0.25, 0.3) is 0 Å². The second kappa shape index (κ2) is 2.96. The third-order valence-electron chi connectivity index (χ3n) is 0.312. The van der Waals surface area contributed by atoms with E-state index >= 15 is 0 Å². The molecular weight excluding hydrogens is 134 g/mol. The fourth-order valence-corrected chi connectivity index (χ4v) is 0. The molecule has 1 nitrogen and oxygen atoms in total. The van der Waals surface area contributed by atoms with Crippen LogP contribution in [0.5, 0.6) is 0 Å². The van der Waals surface area contributed by atoms with Gasteiger partial charge in [0.25, 0.3) is 0 Å². The van der Waals surface area contributed by atoms with Crippen LogP contribution in [0.2, 0.25) is 0 Å². The van der Waals surface area contributed by atoms with Crippen LogP contribution in [0.4, 0.5) is 0 Å². The Hall–Kier alpha value is 0.880. The number of hydrogen-bond acceptors (Lipinski definition) is 1. The van der Waals surface area contributed by atoms with Gasteiger partial charge in [0, 0.05) is 8.67 Å². The summed E-state index contributed by atoms with van der Waals surface area (Å²) in [6, 6.07) is 0. The van der Waals surface area contributed by atoms with Gasteiger partial charge >= 0.3 is 0 Å². The highest BCUT2D eigenvalue weighted by Gasteiger charge is 1.83. The Morgan fingerprint density at radius 1 is 1.67 bits per heavy atom. The number of thiol groups is 1. The fraction of sp³-hybridized carbons (Fsp3) is 1.00. The van der Waals surface area contributed by atoms with Gasteiger partial charge in [0.2, 0.25) is 0 Å². The van der Waals surface area contributed by atoms with Gasteiger partial charge in [0.1, 0.15) is 0 Å². The molecule has 0 bridgehead atoms. The lowest BCUT2D eigenvalue weighted by atomic mass is 11.3. The van der Waals surface area contributed by atoms with E-state index in [2.05, 4.69) is 11.7 Å². The van der Waals surface area contributed by atoms with Crippen LogP contribution in [-0.2, 0) is 19.9 Å². The lowest BCUT2D eigenvalue weighted by molar-refractivity contribution is 0.707. The monoisotopic (exact) mass is 141 g/mol. The van der Waals surface area contributed by atoms with E-state index in [9.17, 15) is 0 Å². The maximum Gasteiger partial charge on any atom is 0.00466 e. The minimum Gasteiger partial charge on any atom is -0.245 e. The van der Waals surface area contributed by atoms with Crippen molar-refractivity contribution in [1.82, 2.24) is 4.31 Å². The third-order valence-corrected chi connectivity index (χ3v) is 2.81. The zero-order chi connectivity index (χ0) is 5.15. The van der Waals surface area contributed by atoms with Crippen molar-refractivity contribution in [3.63, 3.8) is 0 Å². The SMILES string of the molecule is CN(C)S(=S)S. The van der Waals surface area contributed by atoms with Crippen LogP contribution in [-0.4, -0.2) is 18.4 Å². The van der Waals surface area contributed by atoms with Crippen molar-refractivity contribution in [2.45, 2.75) is 0 Å². The maximum absolute atomic E-state index is 4.72. The van der Waals surface area contributed by atoms with Gasteiger partial charge in [-0.2, -0.15) is 0 Å². The number of hydrogen-bond donors (Lipinski definition) is 1. The minimum atomic E-state index is -0.256. The average molecular weight is 141 g/mol. The van der Waals surface area contributed by atoms with Gasteiger partial charge in [0.15, 0.2) is 0 Å². The Morgan fingerprint density at radius 2 is 1.83 bits per heavy atom. The molecule has 1 atom stereocenters. The molecule has 0 N–H and O–H groups in total. The first-order valence-corrected chi connectivity index (χ1v) is 4.59. The summed E-state index contributed by atoms with van der Waals surface area (Å²) in [6.45, 7) is 0. The van der Waals surface area contributed by atoms with Gasteiger partial charge in [0.05, 0.1) is 0 Å². The second-order valence-corrected chi connectivity index (χ2v) is 4.96. The molecule has 0 radical (unpaired) electrons. The predicted molar refractivity (Wildman–Crippen MR) is 37.4 cm³/mol. The molecule has 1 unspecified atom stereocenters. The number of nitrogens with zero attached hydrogens (tertiary/aromatic N) is 1. The van der Waals surface area contributed by atoms with Crippen LogP contribution < -0.4 is 0 Å². The summed E-state index contributed by atoms with van der Waals surface area (Å²) >= 11 is 8.68. The van der Waals surface area contributed by atoms with Crippen molar-refractivity contribution in [2.24, 2.45) is 0 Å². The molecule has 0 aliphatic rings. The molecule has 0 aliphatic heterocycles. The zero-order valence-corrected chi connectivity index (χ0v) is 6.24. The van der Waals surface area contributed by atoms with Crippen molar-refractivity contribution in [2.75, 3.05) is 14.1 Å².